The number of nitrogens with zero attached hydrogens (tertiary/aromatic N) is 4. The number of ether oxygens (including phenoxy) is 1. The Labute approximate surface area is 212 Å². The van der Waals surface area contributed by atoms with Crippen LogP contribution in [0.1, 0.15) is 34.7 Å². The molecule has 4 rings (SSSR count). The molecule has 3 heterocycles. The van der Waals surface area contributed by atoms with E-state index in [1.54, 1.807) is 18.6 Å². The van der Waals surface area contributed by atoms with Crippen molar-refractivity contribution in [1.29, 1.82) is 0 Å². The summed E-state index contributed by atoms with van der Waals surface area (Å²) in [5.74, 6) is -0.167. The number of amides is 1. The summed E-state index contributed by atoms with van der Waals surface area (Å²) in [7, 11) is 3.96. The molecule has 2 atom stereocenters. The maximum atomic E-state index is 13.0. The van der Waals surface area contributed by atoms with Crippen molar-refractivity contribution >= 4 is 11.5 Å². The Hall–Kier alpha value is -3.69. The first-order valence-electron chi connectivity index (χ1n) is 12.2. The monoisotopic (exact) mass is 489 g/mol. The molecule has 4 N–H and O–H groups in total. The van der Waals surface area contributed by atoms with Gasteiger partial charge in [-0.3, -0.25) is 4.79 Å². The van der Waals surface area contributed by atoms with Crippen LogP contribution in [0, 0.1) is 0 Å². The second-order valence-electron chi connectivity index (χ2n) is 9.23. The van der Waals surface area contributed by atoms with Gasteiger partial charge in [0.2, 0.25) is 5.82 Å². The quantitative estimate of drug-likeness (QED) is 0.516. The summed E-state index contributed by atoms with van der Waals surface area (Å²) in [6.45, 7) is 5.75. The van der Waals surface area contributed by atoms with E-state index < -0.39 is 0 Å². The number of allylic oxidation sites excluding steroid dienone is 1. The number of likely N-dealkylation sites (N-methyl/N-ethyl adjacent to an activating group) is 1. The number of benzene rings is 1. The lowest BCUT2D eigenvalue weighted by molar-refractivity contribution is 0.0552. The minimum atomic E-state index is -0.305. The van der Waals surface area contributed by atoms with Crippen LogP contribution in [0.3, 0.4) is 0 Å². The summed E-state index contributed by atoms with van der Waals surface area (Å²) in [4.78, 5) is 26.0. The van der Waals surface area contributed by atoms with Crippen molar-refractivity contribution in [2.24, 2.45) is 5.73 Å². The van der Waals surface area contributed by atoms with Crippen LogP contribution in [0.25, 0.3) is 5.57 Å². The first-order chi connectivity index (χ1) is 17.5. The van der Waals surface area contributed by atoms with Crippen LogP contribution in [0.5, 0.6) is 0 Å². The summed E-state index contributed by atoms with van der Waals surface area (Å²) in [5.41, 5.74) is 10.9. The Morgan fingerprint density at radius 2 is 1.94 bits per heavy atom. The molecule has 2 aliphatic heterocycles. The van der Waals surface area contributed by atoms with Gasteiger partial charge in [0.1, 0.15) is 0 Å². The van der Waals surface area contributed by atoms with E-state index in [2.05, 4.69) is 38.5 Å². The maximum absolute atomic E-state index is 13.0. The van der Waals surface area contributed by atoms with E-state index in [1.165, 1.54) is 0 Å². The second kappa shape index (κ2) is 11.8. The van der Waals surface area contributed by atoms with Gasteiger partial charge < -0.3 is 30.9 Å². The third-order valence-electron chi connectivity index (χ3n) is 6.33. The van der Waals surface area contributed by atoms with E-state index in [0.29, 0.717) is 19.8 Å². The van der Waals surface area contributed by atoms with Crippen LogP contribution in [0.4, 0.5) is 0 Å². The Morgan fingerprint density at radius 1 is 1.25 bits per heavy atom. The Morgan fingerprint density at radius 3 is 2.58 bits per heavy atom. The van der Waals surface area contributed by atoms with E-state index in [4.69, 9.17) is 10.5 Å². The molecule has 0 spiro atoms. The molecule has 0 saturated carbocycles. The fourth-order valence-electron chi connectivity index (χ4n) is 4.39. The molecule has 9 heteroatoms. The molecule has 36 heavy (non-hydrogen) atoms. The summed E-state index contributed by atoms with van der Waals surface area (Å²) in [6.07, 6.45) is 9.11. The molecule has 9 nitrogen and oxygen atoms in total. The van der Waals surface area contributed by atoms with Crippen molar-refractivity contribution in [2.75, 3.05) is 46.9 Å². The predicted octanol–water partition coefficient (Wildman–Crippen LogP) is 1.90. The molecule has 1 aromatic heterocycles. The van der Waals surface area contributed by atoms with Gasteiger partial charge in [0.25, 0.3) is 5.91 Å². The molecule has 1 unspecified atom stereocenters. The molecule has 0 aliphatic carbocycles. The van der Waals surface area contributed by atoms with Crippen molar-refractivity contribution in [1.82, 2.24) is 30.4 Å². The van der Waals surface area contributed by atoms with Crippen molar-refractivity contribution in [3.8, 4) is 0 Å². The van der Waals surface area contributed by atoms with Gasteiger partial charge in [-0.1, -0.05) is 30.3 Å². The van der Waals surface area contributed by atoms with E-state index in [0.717, 1.165) is 41.1 Å². The molecular formula is C27H35N7O2. The lowest BCUT2D eigenvalue weighted by Crippen LogP contribution is -2.36. The molecule has 2 aromatic rings. The third kappa shape index (κ3) is 6.10. The third-order valence-corrected chi connectivity index (χ3v) is 6.33. The van der Waals surface area contributed by atoms with Crippen molar-refractivity contribution in [2.45, 2.75) is 19.0 Å². The van der Waals surface area contributed by atoms with Crippen LogP contribution in [0.15, 0.2) is 72.5 Å². The zero-order valence-corrected chi connectivity index (χ0v) is 21.1. The van der Waals surface area contributed by atoms with Gasteiger partial charge in [-0.05, 0) is 38.2 Å². The number of hydrogen-bond acceptors (Lipinski definition) is 8. The Balaban J connectivity index is 1.50. The topological polar surface area (TPSA) is 109 Å². The van der Waals surface area contributed by atoms with Crippen molar-refractivity contribution in [3.05, 3.63) is 89.4 Å². The SMILES string of the molecule is CC1NC=C(c2cnc(C(=O)N[C@@H](CN(C)C)c3ccccc3)nc2)/C1=C/C(=C\N)N1CCOCC1. The Kier molecular flexibility index (Phi) is 8.35. The molecule has 0 radical (unpaired) electrons. The highest BCUT2D eigenvalue weighted by Gasteiger charge is 2.24. The van der Waals surface area contributed by atoms with Gasteiger partial charge in [-0.15, -0.1) is 0 Å². The molecule has 1 amide bonds. The molecule has 1 saturated heterocycles. The number of rotatable bonds is 8. The van der Waals surface area contributed by atoms with Crippen LogP contribution in [-0.2, 0) is 4.74 Å². The zero-order chi connectivity index (χ0) is 25.5. The Bertz CT molecular complexity index is 1120. The van der Waals surface area contributed by atoms with E-state index in [-0.39, 0.29) is 23.8 Å². The highest BCUT2D eigenvalue weighted by atomic mass is 16.5. The maximum Gasteiger partial charge on any atom is 0.289 e. The number of carbonyl (C=O) groups excluding carboxylic acids is 1. The van der Waals surface area contributed by atoms with Gasteiger partial charge >= 0.3 is 0 Å². The second-order valence-corrected chi connectivity index (χ2v) is 9.23. The fourth-order valence-corrected chi connectivity index (χ4v) is 4.39. The average molecular weight is 490 g/mol. The summed E-state index contributed by atoms with van der Waals surface area (Å²) in [5, 5.41) is 6.44. The van der Waals surface area contributed by atoms with E-state index in [9.17, 15) is 4.79 Å². The number of nitrogens with one attached hydrogen (secondary N) is 2. The van der Waals surface area contributed by atoms with Crippen molar-refractivity contribution in [3.63, 3.8) is 0 Å². The van der Waals surface area contributed by atoms with Crippen LogP contribution in [-0.4, -0.2) is 78.7 Å². The van der Waals surface area contributed by atoms with Crippen LogP contribution in [0.2, 0.25) is 0 Å². The summed E-state index contributed by atoms with van der Waals surface area (Å²) in [6, 6.07) is 9.85. The van der Waals surface area contributed by atoms with Gasteiger partial charge in [-0.2, -0.15) is 0 Å². The highest BCUT2D eigenvalue weighted by Crippen LogP contribution is 2.30. The normalized spacial score (nSPS) is 20.3. The standard InChI is InChI=1S/C27H35N7O2/c1-19-23(13-22(14-28)34-9-11-36-12-10-34)24(17-29-19)21-15-30-26(31-16-21)27(35)32-25(18-33(2)3)20-7-5-4-6-8-20/h4-8,13-17,19,25,29H,9-12,18,28H2,1-3H3,(H,32,35)/b22-14+,23-13+/t19?,25-/m0/s1. The summed E-state index contributed by atoms with van der Waals surface area (Å²) < 4.78 is 5.47. The lowest BCUT2D eigenvalue weighted by atomic mass is 9.98. The fraction of sp³-hybridized carbons (Fsp3) is 0.370. The molecule has 1 aromatic carbocycles. The number of morpholine rings is 1. The number of nitrogens with two attached hydrogens (primary N) is 1. The largest absolute Gasteiger partial charge is 0.403 e. The molecule has 2 aliphatic rings. The first kappa shape index (κ1) is 25.4. The van der Waals surface area contributed by atoms with Gasteiger partial charge in [0.05, 0.1) is 25.0 Å². The van der Waals surface area contributed by atoms with E-state index in [1.807, 2.05) is 55.5 Å². The zero-order valence-electron chi connectivity index (χ0n) is 21.1. The van der Waals surface area contributed by atoms with Crippen LogP contribution < -0.4 is 16.4 Å². The van der Waals surface area contributed by atoms with Gasteiger partial charge in [0, 0.05) is 61.6 Å². The number of carbonyl (C=O) groups is 1. The minimum absolute atomic E-state index is 0.108. The van der Waals surface area contributed by atoms with Crippen LogP contribution >= 0.6 is 0 Å². The average Bonchev–Trinajstić information content (AvgIpc) is 3.27. The lowest BCUT2D eigenvalue weighted by Gasteiger charge is -2.30. The minimum Gasteiger partial charge on any atom is -0.403 e. The van der Waals surface area contributed by atoms with Crippen molar-refractivity contribution < 1.29 is 9.53 Å². The van der Waals surface area contributed by atoms with E-state index >= 15 is 0 Å². The van der Waals surface area contributed by atoms with Gasteiger partial charge in [0.15, 0.2) is 0 Å². The highest BCUT2D eigenvalue weighted by molar-refractivity contribution is 5.91. The molecular weight excluding hydrogens is 454 g/mol. The predicted molar refractivity (Wildman–Crippen MR) is 141 cm³/mol. The number of aromatic nitrogens is 2. The molecule has 190 valence electrons. The molecule has 0 bridgehead atoms. The summed E-state index contributed by atoms with van der Waals surface area (Å²) >= 11 is 0. The molecule has 1 fully saturated rings. The first-order valence-corrected chi connectivity index (χ1v) is 12.2. The van der Waals surface area contributed by atoms with Gasteiger partial charge in [-0.25, -0.2) is 9.97 Å². The smallest absolute Gasteiger partial charge is 0.289 e. The number of hydrogen-bond donors (Lipinski definition) is 3.